The van der Waals surface area contributed by atoms with Crippen molar-refractivity contribution in [2.75, 3.05) is 34.3 Å². The van der Waals surface area contributed by atoms with E-state index in [0.29, 0.717) is 0 Å². The van der Waals surface area contributed by atoms with Gasteiger partial charge in [0.15, 0.2) is 0 Å². The first-order chi connectivity index (χ1) is 12.0. The van der Waals surface area contributed by atoms with Crippen LogP contribution in [0.25, 0.3) is 0 Å². The molecule has 0 aromatic heterocycles. The molecule has 0 aliphatic carbocycles. The van der Waals surface area contributed by atoms with Crippen LogP contribution < -0.4 is 4.74 Å². The molecule has 2 rings (SSSR count). The van der Waals surface area contributed by atoms with Crippen LogP contribution >= 0.6 is 0 Å². The van der Waals surface area contributed by atoms with Crippen LogP contribution in [0.5, 0.6) is 5.75 Å². The Labute approximate surface area is 151 Å². The molecule has 0 aliphatic heterocycles. The van der Waals surface area contributed by atoms with E-state index in [9.17, 15) is 0 Å². The summed E-state index contributed by atoms with van der Waals surface area (Å²) in [5.74, 6) is 0.886. The Bertz CT molecular complexity index is 655. The van der Waals surface area contributed by atoms with E-state index < -0.39 is 0 Å². The molecule has 0 radical (unpaired) electrons. The zero-order valence-corrected chi connectivity index (χ0v) is 15.9. The summed E-state index contributed by atoms with van der Waals surface area (Å²) < 4.78 is 6.79. The lowest BCUT2D eigenvalue weighted by Gasteiger charge is -2.23. The third-order valence-electron chi connectivity index (χ3n) is 3.95. The Kier molecular flexibility index (Phi) is 7.14. The van der Waals surface area contributed by atoms with Gasteiger partial charge in [-0.25, -0.2) is 0 Å². The van der Waals surface area contributed by atoms with E-state index in [4.69, 9.17) is 4.74 Å². The number of azo groups is 1. The number of ether oxygens (including phenoxy) is 1. The molecule has 25 heavy (non-hydrogen) atoms. The summed E-state index contributed by atoms with van der Waals surface area (Å²) in [5, 5.41) is 8.55. The predicted molar refractivity (Wildman–Crippen MR) is 104 cm³/mol. The molecule has 4 heteroatoms. The van der Waals surface area contributed by atoms with Crippen LogP contribution in [0.3, 0.4) is 0 Å². The van der Waals surface area contributed by atoms with Crippen LogP contribution in [-0.4, -0.2) is 38.8 Å². The van der Waals surface area contributed by atoms with Gasteiger partial charge in [0, 0.05) is 0 Å². The lowest BCUT2D eigenvalue weighted by molar-refractivity contribution is -0.870. The standard InChI is InChI=1S/C21H30N3O/c1-5-18-8-10-19(11-9-18)22-23-20-12-14-21(15-13-20)25-17-7-6-16-24(2,3)4/h8-15H,5-7,16-17H2,1-4H3/q+1/b23-22+. The van der Waals surface area contributed by atoms with Crippen LogP contribution in [0.2, 0.25) is 0 Å². The van der Waals surface area contributed by atoms with Crippen LogP contribution in [-0.2, 0) is 6.42 Å². The molecule has 0 spiro atoms. The molecule has 0 aliphatic rings. The van der Waals surface area contributed by atoms with Crippen molar-refractivity contribution in [3.8, 4) is 5.75 Å². The number of rotatable bonds is 9. The average Bonchev–Trinajstić information content (AvgIpc) is 2.60. The summed E-state index contributed by atoms with van der Waals surface area (Å²) in [7, 11) is 6.64. The number of hydrogen-bond acceptors (Lipinski definition) is 3. The molecule has 2 aromatic rings. The van der Waals surface area contributed by atoms with Gasteiger partial charge >= 0.3 is 0 Å². The van der Waals surface area contributed by atoms with Crippen molar-refractivity contribution < 1.29 is 9.22 Å². The summed E-state index contributed by atoms with van der Waals surface area (Å²) in [4.78, 5) is 0. The summed E-state index contributed by atoms with van der Waals surface area (Å²) >= 11 is 0. The highest BCUT2D eigenvalue weighted by atomic mass is 16.5. The molecule has 0 heterocycles. The second-order valence-corrected chi connectivity index (χ2v) is 7.28. The number of unbranched alkanes of at least 4 members (excludes halogenated alkanes) is 1. The molecule has 4 nitrogen and oxygen atoms in total. The van der Waals surface area contributed by atoms with Crippen LogP contribution in [0.4, 0.5) is 11.4 Å². The van der Waals surface area contributed by atoms with E-state index in [-0.39, 0.29) is 0 Å². The van der Waals surface area contributed by atoms with Crippen LogP contribution in [0, 0.1) is 0 Å². The maximum atomic E-state index is 5.78. The molecule has 134 valence electrons. The zero-order chi connectivity index (χ0) is 18.1. The van der Waals surface area contributed by atoms with E-state index in [1.165, 1.54) is 18.5 Å². The number of hydrogen-bond donors (Lipinski definition) is 0. The van der Waals surface area contributed by atoms with E-state index in [0.717, 1.165) is 41.1 Å². The average molecular weight is 340 g/mol. The molecule has 0 saturated carbocycles. The largest absolute Gasteiger partial charge is 0.494 e. The molecular weight excluding hydrogens is 310 g/mol. The molecular formula is C21H30N3O+. The Morgan fingerprint density at radius 1 is 0.800 bits per heavy atom. The summed E-state index contributed by atoms with van der Waals surface area (Å²) in [5.41, 5.74) is 3.01. The summed E-state index contributed by atoms with van der Waals surface area (Å²) in [6, 6.07) is 15.9. The van der Waals surface area contributed by atoms with Crippen molar-refractivity contribution >= 4 is 11.4 Å². The van der Waals surface area contributed by atoms with Gasteiger partial charge in [0.05, 0.1) is 45.7 Å². The van der Waals surface area contributed by atoms with Crippen molar-refractivity contribution in [2.45, 2.75) is 26.2 Å². The monoisotopic (exact) mass is 340 g/mol. The second kappa shape index (κ2) is 9.33. The Morgan fingerprint density at radius 2 is 1.36 bits per heavy atom. The molecule has 2 aromatic carbocycles. The fraction of sp³-hybridized carbons (Fsp3) is 0.429. The normalized spacial score (nSPS) is 11.8. The van der Waals surface area contributed by atoms with E-state index in [1.807, 2.05) is 36.4 Å². The first kappa shape index (κ1) is 19.1. The highest BCUT2D eigenvalue weighted by molar-refractivity contribution is 5.43. The quantitative estimate of drug-likeness (QED) is 0.336. The Hall–Kier alpha value is -2.20. The minimum Gasteiger partial charge on any atom is -0.494 e. The Balaban J connectivity index is 1.78. The highest BCUT2D eigenvalue weighted by Crippen LogP contribution is 2.21. The zero-order valence-electron chi connectivity index (χ0n) is 15.9. The minimum absolute atomic E-state index is 0.755. The molecule has 0 amide bonds. The van der Waals surface area contributed by atoms with E-state index in [2.05, 4.69) is 50.4 Å². The lowest BCUT2D eigenvalue weighted by Crippen LogP contribution is -2.35. The summed E-state index contributed by atoms with van der Waals surface area (Å²) in [6.45, 7) is 4.07. The first-order valence-electron chi connectivity index (χ1n) is 9.00. The van der Waals surface area contributed by atoms with Crippen molar-refractivity contribution in [2.24, 2.45) is 10.2 Å². The molecule has 0 atom stereocenters. The van der Waals surface area contributed by atoms with Gasteiger partial charge in [0.2, 0.25) is 0 Å². The fourth-order valence-electron chi connectivity index (χ4n) is 2.40. The van der Waals surface area contributed by atoms with Crippen LogP contribution in [0.1, 0.15) is 25.3 Å². The van der Waals surface area contributed by atoms with Crippen molar-refractivity contribution in [1.82, 2.24) is 0 Å². The minimum atomic E-state index is 0.755. The van der Waals surface area contributed by atoms with Gasteiger partial charge in [-0.05, 0) is 61.2 Å². The van der Waals surface area contributed by atoms with Crippen molar-refractivity contribution in [3.05, 3.63) is 54.1 Å². The maximum absolute atomic E-state index is 5.78. The Morgan fingerprint density at radius 3 is 1.88 bits per heavy atom. The fourth-order valence-corrected chi connectivity index (χ4v) is 2.40. The van der Waals surface area contributed by atoms with Gasteiger partial charge in [0.25, 0.3) is 0 Å². The third kappa shape index (κ3) is 7.48. The summed E-state index contributed by atoms with van der Waals surface area (Å²) in [6.07, 6.45) is 3.28. The van der Waals surface area contributed by atoms with E-state index in [1.54, 1.807) is 0 Å². The van der Waals surface area contributed by atoms with Gasteiger partial charge in [-0.1, -0.05) is 19.1 Å². The van der Waals surface area contributed by atoms with Gasteiger partial charge in [-0.2, -0.15) is 10.2 Å². The third-order valence-corrected chi connectivity index (χ3v) is 3.95. The maximum Gasteiger partial charge on any atom is 0.119 e. The lowest BCUT2D eigenvalue weighted by atomic mass is 10.2. The molecule has 0 N–H and O–H groups in total. The second-order valence-electron chi connectivity index (χ2n) is 7.28. The van der Waals surface area contributed by atoms with Gasteiger partial charge < -0.3 is 9.22 Å². The SMILES string of the molecule is CCc1ccc(/N=N/c2ccc(OCCCC[N+](C)(C)C)cc2)cc1. The first-order valence-corrected chi connectivity index (χ1v) is 9.00. The molecule has 0 saturated heterocycles. The topological polar surface area (TPSA) is 34.0 Å². The van der Waals surface area contributed by atoms with Crippen LogP contribution in [0.15, 0.2) is 58.8 Å². The number of nitrogens with zero attached hydrogens (tertiary/aromatic N) is 3. The molecule has 0 fully saturated rings. The number of benzene rings is 2. The number of quaternary nitrogens is 1. The van der Waals surface area contributed by atoms with Gasteiger partial charge in [-0.15, -0.1) is 0 Å². The molecule has 0 bridgehead atoms. The van der Waals surface area contributed by atoms with Gasteiger partial charge in [0.1, 0.15) is 5.75 Å². The molecule has 0 unspecified atom stereocenters. The highest BCUT2D eigenvalue weighted by Gasteiger charge is 2.05. The van der Waals surface area contributed by atoms with Crippen molar-refractivity contribution in [1.29, 1.82) is 0 Å². The predicted octanol–water partition coefficient (Wildman–Crippen LogP) is 5.53. The van der Waals surface area contributed by atoms with E-state index >= 15 is 0 Å². The smallest absolute Gasteiger partial charge is 0.119 e. The number of aryl methyl sites for hydroxylation is 1. The van der Waals surface area contributed by atoms with Gasteiger partial charge in [-0.3, -0.25) is 0 Å². The van der Waals surface area contributed by atoms with Crippen molar-refractivity contribution in [3.63, 3.8) is 0 Å².